The second-order valence-corrected chi connectivity index (χ2v) is 5.13. The van der Waals surface area contributed by atoms with Crippen LogP contribution in [0.1, 0.15) is 31.2 Å². The lowest BCUT2D eigenvalue weighted by Gasteiger charge is -2.28. The maximum atomic E-state index is 13.5. The highest BCUT2D eigenvalue weighted by Crippen LogP contribution is 2.28. The average Bonchev–Trinajstić information content (AvgIpc) is 2.84. The molecule has 0 unspecified atom stereocenters. The van der Waals surface area contributed by atoms with Gasteiger partial charge in [-0.1, -0.05) is 25.0 Å². The molecule has 0 aromatic heterocycles. The van der Waals surface area contributed by atoms with E-state index in [1.807, 2.05) is 0 Å². The van der Waals surface area contributed by atoms with Crippen LogP contribution in [0.4, 0.5) is 8.78 Å². The zero-order chi connectivity index (χ0) is 13.9. The van der Waals surface area contributed by atoms with Gasteiger partial charge in [0.1, 0.15) is 0 Å². The fourth-order valence-corrected chi connectivity index (χ4v) is 2.63. The summed E-state index contributed by atoms with van der Waals surface area (Å²) in [6.07, 6.45) is 3.60. The molecule has 0 saturated heterocycles. The van der Waals surface area contributed by atoms with E-state index in [1.165, 1.54) is 12.1 Å². The zero-order valence-electron chi connectivity index (χ0n) is 11.1. The average molecular weight is 305 g/mol. The van der Waals surface area contributed by atoms with Gasteiger partial charge in [-0.25, -0.2) is 8.78 Å². The third kappa shape index (κ3) is 3.67. The van der Waals surface area contributed by atoms with Crippen LogP contribution in [0.2, 0.25) is 0 Å². The van der Waals surface area contributed by atoms with Crippen LogP contribution in [0.3, 0.4) is 0 Å². The number of hydrogen-bond acceptors (Lipinski definition) is 2. The van der Waals surface area contributed by atoms with Crippen LogP contribution in [-0.2, 0) is 11.2 Å². The molecule has 2 rings (SSSR count). The first-order chi connectivity index (χ1) is 9.06. The molecule has 3 nitrogen and oxygen atoms in total. The zero-order valence-corrected chi connectivity index (χ0v) is 11.9. The molecule has 0 bridgehead atoms. The van der Waals surface area contributed by atoms with E-state index in [0.717, 1.165) is 31.7 Å². The topological polar surface area (TPSA) is 55.1 Å². The SMILES string of the molecule is Cl.NCC1(NC(=O)Cc2cccc(F)c2F)CCCC1. The Kier molecular flexibility index (Phi) is 5.89. The van der Waals surface area contributed by atoms with Gasteiger partial charge in [0.25, 0.3) is 0 Å². The van der Waals surface area contributed by atoms with Gasteiger partial charge in [0.15, 0.2) is 11.6 Å². The van der Waals surface area contributed by atoms with E-state index in [0.29, 0.717) is 6.54 Å². The van der Waals surface area contributed by atoms with Crippen molar-refractivity contribution in [1.29, 1.82) is 0 Å². The Bertz CT molecular complexity index is 476. The van der Waals surface area contributed by atoms with Crippen molar-refractivity contribution in [3.05, 3.63) is 35.4 Å². The third-order valence-electron chi connectivity index (χ3n) is 3.74. The second kappa shape index (κ2) is 6.99. The highest BCUT2D eigenvalue weighted by Gasteiger charge is 2.33. The summed E-state index contributed by atoms with van der Waals surface area (Å²) in [5.41, 5.74) is 5.43. The van der Waals surface area contributed by atoms with E-state index >= 15 is 0 Å². The maximum absolute atomic E-state index is 13.5. The fraction of sp³-hybridized carbons (Fsp3) is 0.500. The van der Waals surface area contributed by atoms with E-state index in [4.69, 9.17) is 5.73 Å². The monoisotopic (exact) mass is 304 g/mol. The number of benzene rings is 1. The minimum atomic E-state index is -0.953. The third-order valence-corrected chi connectivity index (χ3v) is 3.74. The molecule has 0 atom stereocenters. The minimum absolute atomic E-state index is 0. The molecule has 0 radical (unpaired) electrons. The Morgan fingerprint density at radius 3 is 2.55 bits per heavy atom. The van der Waals surface area contributed by atoms with Crippen LogP contribution in [0, 0.1) is 11.6 Å². The number of rotatable bonds is 4. The van der Waals surface area contributed by atoms with E-state index in [1.54, 1.807) is 0 Å². The normalized spacial score (nSPS) is 16.6. The van der Waals surface area contributed by atoms with Gasteiger partial charge in [0.05, 0.1) is 12.0 Å². The molecule has 20 heavy (non-hydrogen) atoms. The quantitative estimate of drug-likeness (QED) is 0.897. The molecule has 112 valence electrons. The molecule has 1 fully saturated rings. The number of carbonyl (C=O) groups excluding carboxylic acids is 1. The van der Waals surface area contributed by atoms with E-state index in [-0.39, 0.29) is 35.8 Å². The Balaban J connectivity index is 0.00000200. The van der Waals surface area contributed by atoms with Gasteiger partial charge in [0, 0.05) is 12.1 Å². The summed E-state index contributed by atoms with van der Waals surface area (Å²) in [6.45, 7) is 0.379. The maximum Gasteiger partial charge on any atom is 0.225 e. The van der Waals surface area contributed by atoms with Crippen molar-refractivity contribution in [2.75, 3.05) is 6.54 Å². The molecular formula is C14H19ClF2N2O. The van der Waals surface area contributed by atoms with Crippen LogP contribution in [0.25, 0.3) is 0 Å². The first kappa shape index (κ1) is 16.9. The fourth-order valence-electron chi connectivity index (χ4n) is 2.63. The van der Waals surface area contributed by atoms with Crippen molar-refractivity contribution < 1.29 is 13.6 Å². The van der Waals surface area contributed by atoms with Gasteiger partial charge >= 0.3 is 0 Å². The van der Waals surface area contributed by atoms with Crippen LogP contribution < -0.4 is 11.1 Å². The van der Waals surface area contributed by atoms with Gasteiger partial charge in [-0.2, -0.15) is 0 Å². The lowest BCUT2D eigenvalue weighted by molar-refractivity contribution is -0.122. The van der Waals surface area contributed by atoms with Crippen molar-refractivity contribution in [1.82, 2.24) is 5.32 Å². The molecule has 1 saturated carbocycles. The number of hydrogen-bond donors (Lipinski definition) is 2. The molecule has 3 N–H and O–H groups in total. The minimum Gasteiger partial charge on any atom is -0.349 e. The van der Waals surface area contributed by atoms with E-state index < -0.39 is 11.6 Å². The Morgan fingerprint density at radius 1 is 1.30 bits per heavy atom. The molecule has 0 aliphatic heterocycles. The van der Waals surface area contributed by atoms with E-state index in [9.17, 15) is 13.6 Å². The van der Waals surface area contributed by atoms with Crippen molar-refractivity contribution in [2.45, 2.75) is 37.6 Å². The summed E-state index contributed by atoms with van der Waals surface area (Å²) in [5.74, 6) is -2.19. The Morgan fingerprint density at radius 2 is 1.95 bits per heavy atom. The molecule has 1 aliphatic rings. The molecule has 6 heteroatoms. The summed E-state index contributed by atoms with van der Waals surface area (Å²) >= 11 is 0. The second-order valence-electron chi connectivity index (χ2n) is 5.13. The molecule has 0 heterocycles. The van der Waals surface area contributed by atoms with Crippen LogP contribution >= 0.6 is 12.4 Å². The molecule has 1 aromatic carbocycles. The van der Waals surface area contributed by atoms with Gasteiger partial charge in [-0.15, -0.1) is 12.4 Å². The lowest BCUT2D eigenvalue weighted by atomic mass is 9.97. The smallest absolute Gasteiger partial charge is 0.225 e. The molecule has 1 aromatic rings. The molecule has 0 spiro atoms. The first-order valence-corrected chi connectivity index (χ1v) is 6.50. The van der Waals surface area contributed by atoms with Gasteiger partial charge in [-0.05, 0) is 18.9 Å². The van der Waals surface area contributed by atoms with Crippen molar-refractivity contribution in [3.63, 3.8) is 0 Å². The highest BCUT2D eigenvalue weighted by molar-refractivity contribution is 5.85. The number of halogens is 3. The first-order valence-electron chi connectivity index (χ1n) is 6.50. The Hall–Kier alpha value is -1.20. The summed E-state index contributed by atoms with van der Waals surface area (Å²) in [7, 11) is 0. The summed E-state index contributed by atoms with van der Waals surface area (Å²) in [5, 5.41) is 2.88. The largest absolute Gasteiger partial charge is 0.349 e. The summed E-state index contributed by atoms with van der Waals surface area (Å²) < 4.78 is 26.5. The van der Waals surface area contributed by atoms with Crippen molar-refractivity contribution in [3.8, 4) is 0 Å². The van der Waals surface area contributed by atoms with Crippen molar-refractivity contribution >= 4 is 18.3 Å². The predicted molar refractivity (Wildman–Crippen MR) is 75.7 cm³/mol. The van der Waals surface area contributed by atoms with E-state index in [2.05, 4.69) is 5.32 Å². The lowest BCUT2D eigenvalue weighted by Crippen LogP contribution is -2.52. The van der Waals surface area contributed by atoms with Gasteiger partial charge in [0.2, 0.25) is 5.91 Å². The van der Waals surface area contributed by atoms with Gasteiger partial charge < -0.3 is 11.1 Å². The van der Waals surface area contributed by atoms with Gasteiger partial charge in [-0.3, -0.25) is 4.79 Å². The predicted octanol–water partition coefficient (Wildman–Crippen LogP) is 2.32. The standard InChI is InChI=1S/C14H18F2N2O.ClH/c15-11-5-3-4-10(13(11)16)8-12(19)18-14(9-17)6-1-2-7-14;/h3-5H,1-2,6-9,17H2,(H,18,19);1H. The van der Waals surface area contributed by atoms with Crippen LogP contribution in [0.5, 0.6) is 0 Å². The van der Waals surface area contributed by atoms with Crippen LogP contribution in [-0.4, -0.2) is 18.0 Å². The number of amides is 1. The number of carbonyl (C=O) groups is 1. The highest BCUT2D eigenvalue weighted by atomic mass is 35.5. The van der Waals surface area contributed by atoms with Crippen molar-refractivity contribution in [2.24, 2.45) is 5.73 Å². The number of nitrogens with two attached hydrogens (primary N) is 1. The number of nitrogens with one attached hydrogen (secondary N) is 1. The van der Waals surface area contributed by atoms with Crippen LogP contribution in [0.15, 0.2) is 18.2 Å². The molecule has 1 amide bonds. The molecular weight excluding hydrogens is 286 g/mol. The molecule has 1 aliphatic carbocycles. The Labute approximate surface area is 123 Å². The summed E-state index contributed by atoms with van der Waals surface area (Å²) in [6, 6.07) is 3.85. The summed E-state index contributed by atoms with van der Waals surface area (Å²) in [4.78, 5) is 11.9.